The van der Waals surface area contributed by atoms with E-state index in [2.05, 4.69) is 17.6 Å². The van der Waals surface area contributed by atoms with E-state index in [0.29, 0.717) is 5.92 Å². The molecule has 0 amide bonds. The molecule has 0 aliphatic carbocycles. The van der Waals surface area contributed by atoms with Crippen molar-refractivity contribution in [3.8, 4) is 0 Å². The maximum absolute atomic E-state index is 5.87. The van der Waals surface area contributed by atoms with Crippen molar-refractivity contribution in [1.82, 2.24) is 5.43 Å². The van der Waals surface area contributed by atoms with Gasteiger partial charge in [-0.1, -0.05) is 23.7 Å². The number of rotatable bonds is 4. The molecule has 1 aromatic rings. The van der Waals surface area contributed by atoms with E-state index in [-0.39, 0.29) is 6.04 Å². The number of benzene rings is 1. The van der Waals surface area contributed by atoms with E-state index in [1.165, 1.54) is 12.0 Å². The van der Waals surface area contributed by atoms with Crippen LogP contribution in [0.15, 0.2) is 24.3 Å². The summed E-state index contributed by atoms with van der Waals surface area (Å²) in [5.41, 5.74) is 4.17. The van der Waals surface area contributed by atoms with Gasteiger partial charge < -0.3 is 4.74 Å². The van der Waals surface area contributed by atoms with E-state index >= 15 is 0 Å². The van der Waals surface area contributed by atoms with Gasteiger partial charge in [-0.3, -0.25) is 11.3 Å². The summed E-state index contributed by atoms with van der Waals surface area (Å²) >= 11 is 5.87. The zero-order chi connectivity index (χ0) is 12.1. The van der Waals surface area contributed by atoms with Gasteiger partial charge in [-0.25, -0.2) is 0 Å². The average molecular weight is 255 g/mol. The lowest BCUT2D eigenvalue weighted by molar-refractivity contribution is 0.0393. The van der Waals surface area contributed by atoms with Crippen molar-refractivity contribution < 1.29 is 4.74 Å². The van der Waals surface area contributed by atoms with Gasteiger partial charge in [-0.2, -0.15) is 0 Å². The minimum atomic E-state index is 0.275. The van der Waals surface area contributed by atoms with Crippen LogP contribution in [0, 0.1) is 5.92 Å². The van der Waals surface area contributed by atoms with Crippen LogP contribution < -0.4 is 11.3 Å². The second-order valence-corrected chi connectivity index (χ2v) is 5.02. The van der Waals surface area contributed by atoms with E-state index in [1.807, 2.05) is 12.1 Å². The van der Waals surface area contributed by atoms with E-state index in [9.17, 15) is 0 Å². The minimum Gasteiger partial charge on any atom is -0.381 e. The Morgan fingerprint density at radius 1 is 1.41 bits per heavy atom. The standard InChI is InChI=1S/C13H19ClN2O/c14-12-5-3-10(4-6-12)8-13(16-15)11-2-1-7-17-9-11/h3-6,11,13,16H,1-2,7-9,15H2. The molecule has 3 nitrogen and oxygen atoms in total. The smallest absolute Gasteiger partial charge is 0.0509 e. The van der Waals surface area contributed by atoms with Gasteiger partial charge in [0.15, 0.2) is 0 Å². The van der Waals surface area contributed by atoms with Crippen LogP contribution in [0.4, 0.5) is 0 Å². The summed E-state index contributed by atoms with van der Waals surface area (Å²) in [4.78, 5) is 0. The van der Waals surface area contributed by atoms with Gasteiger partial charge in [0.05, 0.1) is 6.61 Å². The third kappa shape index (κ3) is 3.68. The number of nitrogens with two attached hydrogens (primary N) is 1. The Morgan fingerprint density at radius 2 is 2.18 bits per heavy atom. The molecule has 1 aromatic carbocycles. The first kappa shape index (κ1) is 12.8. The molecule has 2 rings (SSSR count). The van der Waals surface area contributed by atoms with E-state index in [1.54, 1.807) is 0 Å². The Hall–Kier alpha value is -0.610. The molecule has 1 heterocycles. The van der Waals surface area contributed by atoms with Gasteiger partial charge >= 0.3 is 0 Å². The van der Waals surface area contributed by atoms with Gasteiger partial charge in [0.1, 0.15) is 0 Å². The van der Waals surface area contributed by atoms with Crippen LogP contribution in [0.5, 0.6) is 0 Å². The number of hydrogen-bond donors (Lipinski definition) is 2. The molecule has 2 unspecified atom stereocenters. The highest BCUT2D eigenvalue weighted by Crippen LogP contribution is 2.20. The Kier molecular flexibility index (Phi) is 4.80. The summed E-state index contributed by atoms with van der Waals surface area (Å²) < 4.78 is 5.51. The second-order valence-electron chi connectivity index (χ2n) is 4.58. The number of nitrogens with one attached hydrogen (secondary N) is 1. The molecule has 4 heteroatoms. The van der Waals surface area contributed by atoms with Crippen molar-refractivity contribution in [3.05, 3.63) is 34.9 Å². The van der Waals surface area contributed by atoms with Gasteiger partial charge in [-0.15, -0.1) is 0 Å². The highest BCUT2D eigenvalue weighted by Gasteiger charge is 2.23. The van der Waals surface area contributed by atoms with Crippen LogP contribution in [0.25, 0.3) is 0 Å². The van der Waals surface area contributed by atoms with Gasteiger partial charge in [0.2, 0.25) is 0 Å². The van der Waals surface area contributed by atoms with Crippen LogP contribution in [-0.2, 0) is 11.2 Å². The molecule has 0 radical (unpaired) electrons. The van der Waals surface area contributed by atoms with Crippen molar-refractivity contribution in [2.75, 3.05) is 13.2 Å². The molecular formula is C13H19ClN2O. The second kappa shape index (κ2) is 6.36. The first-order valence-corrected chi connectivity index (χ1v) is 6.45. The monoisotopic (exact) mass is 254 g/mol. The van der Waals surface area contributed by atoms with Gasteiger partial charge in [0, 0.05) is 17.7 Å². The lowest BCUT2D eigenvalue weighted by atomic mass is 9.90. The number of hydrazine groups is 1. The van der Waals surface area contributed by atoms with E-state index < -0.39 is 0 Å². The van der Waals surface area contributed by atoms with Gasteiger partial charge in [0.25, 0.3) is 0 Å². The molecule has 0 bridgehead atoms. The Bertz CT molecular complexity index is 336. The molecule has 0 spiro atoms. The SMILES string of the molecule is NNC(Cc1ccc(Cl)cc1)C1CCCOC1. The van der Waals surface area contributed by atoms with Crippen LogP contribution >= 0.6 is 11.6 Å². The highest BCUT2D eigenvalue weighted by molar-refractivity contribution is 6.30. The van der Waals surface area contributed by atoms with Crippen LogP contribution in [0.3, 0.4) is 0 Å². The maximum atomic E-state index is 5.87. The van der Waals surface area contributed by atoms with E-state index in [4.69, 9.17) is 22.2 Å². The lowest BCUT2D eigenvalue weighted by Crippen LogP contribution is -2.45. The predicted octanol–water partition coefficient (Wildman–Crippen LogP) is 2.14. The minimum absolute atomic E-state index is 0.275. The fraction of sp³-hybridized carbons (Fsp3) is 0.538. The predicted molar refractivity (Wildman–Crippen MR) is 69.8 cm³/mol. The van der Waals surface area contributed by atoms with Crippen LogP contribution in [0.1, 0.15) is 18.4 Å². The molecule has 2 atom stereocenters. The van der Waals surface area contributed by atoms with Crippen LogP contribution in [-0.4, -0.2) is 19.3 Å². The van der Waals surface area contributed by atoms with E-state index in [0.717, 1.165) is 31.1 Å². The molecule has 3 N–H and O–H groups in total. The molecule has 17 heavy (non-hydrogen) atoms. The van der Waals surface area contributed by atoms with Crippen LogP contribution in [0.2, 0.25) is 5.02 Å². The summed E-state index contributed by atoms with van der Waals surface area (Å²) in [6.07, 6.45) is 3.23. The quantitative estimate of drug-likeness (QED) is 0.639. The fourth-order valence-electron chi connectivity index (χ4n) is 2.32. The largest absolute Gasteiger partial charge is 0.381 e. The Labute approximate surface area is 107 Å². The fourth-order valence-corrected chi connectivity index (χ4v) is 2.45. The zero-order valence-corrected chi connectivity index (χ0v) is 10.6. The number of ether oxygens (including phenoxy) is 1. The normalized spacial score (nSPS) is 22.4. The molecule has 0 saturated carbocycles. The molecule has 1 fully saturated rings. The summed E-state index contributed by atoms with van der Waals surface area (Å²) in [6, 6.07) is 8.22. The number of halogens is 1. The molecule has 94 valence electrons. The van der Waals surface area contributed by atoms with Gasteiger partial charge in [-0.05, 0) is 42.9 Å². The Morgan fingerprint density at radius 3 is 2.76 bits per heavy atom. The topological polar surface area (TPSA) is 47.3 Å². The molecule has 1 aliphatic rings. The maximum Gasteiger partial charge on any atom is 0.0509 e. The third-order valence-electron chi connectivity index (χ3n) is 3.35. The highest BCUT2D eigenvalue weighted by atomic mass is 35.5. The van der Waals surface area contributed by atoms with Crippen molar-refractivity contribution in [2.45, 2.75) is 25.3 Å². The first-order valence-electron chi connectivity index (χ1n) is 6.08. The average Bonchev–Trinajstić information content (AvgIpc) is 2.39. The van der Waals surface area contributed by atoms with Crippen molar-refractivity contribution in [2.24, 2.45) is 11.8 Å². The Balaban J connectivity index is 1.96. The molecular weight excluding hydrogens is 236 g/mol. The molecule has 0 aromatic heterocycles. The number of hydrogen-bond acceptors (Lipinski definition) is 3. The van der Waals surface area contributed by atoms with Crippen molar-refractivity contribution in [3.63, 3.8) is 0 Å². The summed E-state index contributed by atoms with van der Waals surface area (Å²) in [5.74, 6) is 6.15. The summed E-state index contributed by atoms with van der Waals surface area (Å²) in [6.45, 7) is 1.69. The molecule has 1 aliphatic heterocycles. The summed E-state index contributed by atoms with van der Waals surface area (Å²) in [5, 5.41) is 0.770. The third-order valence-corrected chi connectivity index (χ3v) is 3.60. The summed E-state index contributed by atoms with van der Waals surface area (Å²) in [7, 11) is 0. The first-order chi connectivity index (χ1) is 8.29. The van der Waals surface area contributed by atoms with Crippen molar-refractivity contribution >= 4 is 11.6 Å². The molecule has 1 saturated heterocycles. The van der Waals surface area contributed by atoms with Crippen molar-refractivity contribution in [1.29, 1.82) is 0 Å². The lowest BCUT2D eigenvalue weighted by Gasteiger charge is -2.29. The zero-order valence-electron chi connectivity index (χ0n) is 9.86.